The average molecular weight is 243 g/mol. The van der Waals surface area contributed by atoms with Gasteiger partial charge in [0.05, 0.1) is 11.3 Å². The molecule has 1 amide bonds. The monoisotopic (exact) mass is 243 g/mol. The molecule has 7 heteroatoms. The molecule has 0 saturated heterocycles. The first-order valence-corrected chi connectivity index (χ1v) is 5.51. The highest BCUT2D eigenvalue weighted by atomic mass is 32.2. The van der Waals surface area contributed by atoms with E-state index < -0.39 is 11.3 Å². The van der Waals surface area contributed by atoms with E-state index in [0.29, 0.717) is 11.3 Å². The Morgan fingerprint density at radius 2 is 2.12 bits per heavy atom. The van der Waals surface area contributed by atoms with Gasteiger partial charge in [0.15, 0.2) is 0 Å². The van der Waals surface area contributed by atoms with E-state index in [-0.39, 0.29) is 11.6 Å². The third kappa shape index (κ3) is 2.94. The Morgan fingerprint density at radius 1 is 1.50 bits per heavy atom. The maximum atomic E-state index is 11.7. The lowest BCUT2D eigenvalue weighted by Crippen LogP contribution is -2.23. The minimum atomic E-state index is -2.24. The third-order valence-electron chi connectivity index (χ3n) is 1.88. The molecule has 0 aliphatic heterocycles. The van der Waals surface area contributed by atoms with Crippen molar-refractivity contribution in [2.45, 2.75) is 0 Å². The van der Waals surface area contributed by atoms with Gasteiger partial charge >= 0.3 is 0 Å². The summed E-state index contributed by atoms with van der Waals surface area (Å²) in [6.45, 7) is 0. The standard InChI is InChI=1S/C9H13N3O3S/c1-12(2)9(13)7-4-3-6(10)5-8(7)11-16(14)15/h3-5,11H,10H2,1-2H3,(H,14,15). The lowest BCUT2D eigenvalue weighted by Gasteiger charge is -2.14. The fourth-order valence-electron chi connectivity index (χ4n) is 1.17. The summed E-state index contributed by atoms with van der Waals surface area (Å²) in [6, 6.07) is 4.50. The average Bonchev–Trinajstić information content (AvgIpc) is 2.15. The van der Waals surface area contributed by atoms with Crippen LogP contribution in [0.5, 0.6) is 0 Å². The van der Waals surface area contributed by atoms with Gasteiger partial charge in [-0.25, -0.2) is 4.21 Å². The Balaban J connectivity index is 3.17. The maximum absolute atomic E-state index is 11.7. The van der Waals surface area contributed by atoms with Crippen LogP contribution >= 0.6 is 0 Å². The Kier molecular flexibility index (Phi) is 3.86. The van der Waals surface area contributed by atoms with Crippen LogP contribution in [-0.4, -0.2) is 33.7 Å². The molecule has 0 aliphatic carbocycles. The zero-order valence-corrected chi connectivity index (χ0v) is 9.75. The first kappa shape index (κ1) is 12.5. The highest BCUT2D eigenvalue weighted by molar-refractivity contribution is 7.80. The van der Waals surface area contributed by atoms with E-state index in [0.717, 1.165) is 0 Å². The van der Waals surface area contributed by atoms with Crippen LogP contribution in [-0.2, 0) is 11.3 Å². The molecule has 88 valence electrons. The third-order valence-corrected chi connectivity index (χ3v) is 2.27. The number of benzene rings is 1. The Morgan fingerprint density at radius 3 is 2.62 bits per heavy atom. The van der Waals surface area contributed by atoms with Crippen molar-refractivity contribution < 1.29 is 13.6 Å². The first-order valence-electron chi connectivity index (χ1n) is 4.40. The summed E-state index contributed by atoms with van der Waals surface area (Å²) in [5.74, 6) is -0.270. The van der Waals surface area contributed by atoms with Crippen molar-refractivity contribution in [2.24, 2.45) is 0 Å². The molecule has 1 aromatic carbocycles. The van der Waals surface area contributed by atoms with E-state index in [1.165, 1.54) is 17.0 Å². The summed E-state index contributed by atoms with van der Waals surface area (Å²) < 4.78 is 21.6. The molecule has 0 bridgehead atoms. The summed E-state index contributed by atoms with van der Waals surface area (Å²) in [7, 11) is 3.19. The van der Waals surface area contributed by atoms with Crippen molar-refractivity contribution in [3.05, 3.63) is 23.8 Å². The number of nitrogens with zero attached hydrogens (tertiary/aromatic N) is 1. The van der Waals surface area contributed by atoms with Crippen molar-refractivity contribution in [1.82, 2.24) is 4.90 Å². The van der Waals surface area contributed by atoms with Crippen LogP contribution in [0.2, 0.25) is 0 Å². The number of carbonyl (C=O) groups excluding carboxylic acids is 1. The van der Waals surface area contributed by atoms with Crippen molar-refractivity contribution in [1.29, 1.82) is 0 Å². The van der Waals surface area contributed by atoms with Gasteiger partial charge in [-0.1, -0.05) is 0 Å². The van der Waals surface area contributed by atoms with Gasteiger partial charge in [-0.15, -0.1) is 0 Å². The molecule has 0 radical (unpaired) electrons. The zero-order chi connectivity index (χ0) is 12.3. The van der Waals surface area contributed by atoms with E-state index in [4.69, 9.17) is 10.3 Å². The molecule has 6 nitrogen and oxygen atoms in total. The molecule has 0 aromatic heterocycles. The molecule has 16 heavy (non-hydrogen) atoms. The Hall–Kier alpha value is -1.60. The molecule has 1 aromatic rings. The zero-order valence-electron chi connectivity index (χ0n) is 8.93. The Bertz CT molecular complexity index is 434. The number of anilines is 2. The second-order valence-corrected chi connectivity index (χ2v) is 4.06. The highest BCUT2D eigenvalue weighted by Gasteiger charge is 2.14. The lowest BCUT2D eigenvalue weighted by atomic mass is 10.1. The van der Waals surface area contributed by atoms with Gasteiger partial charge in [-0.3, -0.25) is 14.1 Å². The first-order chi connectivity index (χ1) is 7.41. The van der Waals surface area contributed by atoms with Crippen LogP contribution in [0.25, 0.3) is 0 Å². The number of carbonyl (C=O) groups is 1. The summed E-state index contributed by atoms with van der Waals surface area (Å²) >= 11 is -2.24. The Labute approximate surface area is 95.9 Å². The minimum Gasteiger partial charge on any atom is -0.399 e. The van der Waals surface area contributed by atoms with E-state index in [2.05, 4.69) is 4.72 Å². The number of amides is 1. The topological polar surface area (TPSA) is 95.7 Å². The van der Waals surface area contributed by atoms with Crippen LogP contribution in [0.15, 0.2) is 18.2 Å². The molecular formula is C9H13N3O3S. The number of hydrogen-bond acceptors (Lipinski definition) is 3. The molecule has 1 unspecified atom stereocenters. The van der Waals surface area contributed by atoms with Gasteiger partial charge < -0.3 is 10.6 Å². The van der Waals surface area contributed by atoms with Crippen LogP contribution < -0.4 is 10.5 Å². The van der Waals surface area contributed by atoms with Crippen molar-refractivity contribution in [2.75, 3.05) is 24.6 Å². The second-order valence-electron chi connectivity index (χ2n) is 3.36. The molecule has 0 spiro atoms. The van der Waals surface area contributed by atoms with Gasteiger partial charge in [0, 0.05) is 19.8 Å². The molecule has 1 rings (SSSR count). The fourth-order valence-corrected chi connectivity index (χ4v) is 1.52. The lowest BCUT2D eigenvalue weighted by molar-refractivity contribution is 0.0828. The van der Waals surface area contributed by atoms with Gasteiger partial charge in [-0.05, 0) is 18.2 Å². The molecule has 0 saturated carbocycles. The van der Waals surface area contributed by atoms with Gasteiger partial charge in [-0.2, -0.15) is 0 Å². The molecule has 1 atom stereocenters. The van der Waals surface area contributed by atoms with Gasteiger partial charge in [0.25, 0.3) is 17.2 Å². The van der Waals surface area contributed by atoms with E-state index in [9.17, 15) is 9.00 Å². The van der Waals surface area contributed by atoms with Crippen LogP contribution in [0, 0.1) is 0 Å². The molecule has 0 heterocycles. The fraction of sp³-hybridized carbons (Fsp3) is 0.222. The summed E-state index contributed by atoms with van der Waals surface area (Å²) in [4.78, 5) is 13.1. The number of nitrogens with one attached hydrogen (secondary N) is 1. The number of hydrogen-bond donors (Lipinski definition) is 3. The van der Waals surface area contributed by atoms with Crippen LogP contribution in [0.3, 0.4) is 0 Å². The molecular weight excluding hydrogens is 230 g/mol. The quantitative estimate of drug-likeness (QED) is 0.532. The number of rotatable bonds is 3. The van der Waals surface area contributed by atoms with Gasteiger partial charge in [0.2, 0.25) is 0 Å². The normalized spacial score (nSPS) is 11.9. The van der Waals surface area contributed by atoms with E-state index in [1.54, 1.807) is 20.2 Å². The summed E-state index contributed by atoms with van der Waals surface area (Å²) in [6.07, 6.45) is 0. The predicted molar refractivity (Wildman–Crippen MR) is 63.3 cm³/mol. The SMILES string of the molecule is CN(C)C(=O)c1ccc(N)cc1NS(=O)O. The molecule has 4 N–H and O–H groups in total. The summed E-state index contributed by atoms with van der Waals surface area (Å²) in [5.41, 5.74) is 6.47. The molecule has 0 aliphatic rings. The van der Waals surface area contributed by atoms with Crippen molar-refractivity contribution in [3.63, 3.8) is 0 Å². The van der Waals surface area contributed by atoms with Crippen LogP contribution in [0.4, 0.5) is 11.4 Å². The molecule has 0 fully saturated rings. The van der Waals surface area contributed by atoms with Gasteiger partial charge in [0.1, 0.15) is 0 Å². The maximum Gasteiger partial charge on any atom is 0.259 e. The van der Waals surface area contributed by atoms with Crippen molar-refractivity contribution in [3.8, 4) is 0 Å². The second kappa shape index (κ2) is 4.95. The number of nitrogen functional groups attached to an aromatic ring is 1. The van der Waals surface area contributed by atoms with Crippen molar-refractivity contribution >= 4 is 28.5 Å². The van der Waals surface area contributed by atoms with E-state index >= 15 is 0 Å². The summed E-state index contributed by atoms with van der Waals surface area (Å²) in [5, 5.41) is 0. The highest BCUT2D eigenvalue weighted by Crippen LogP contribution is 2.20. The minimum absolute atomic E-state index is 0.236. The van der Waals surface area contributed by atoms with Crippen LogP contribution in [0.1, 0.15) is 10.4 Å². The van der Waals surface area contributed by atoms with E-state index in [1.807, 2.05) is 0 Å². The predicted octanol–water partition coefficient (Wildman–Crippen LogP) is 0.519. The largest absolute Gasteiger partial charge is 0.399 e. The number of nitrogens with two attached hydrogens (primary N) is 1. The smallest absolute Gasteiger partial charge is 0.259 e.